The zero-order valence-electron chi connectivity index (χ0n) is 8.67. The molecule has 0 spiro atoms. The fraction of sp³-hybridized carbons (Fsp3) is 0.300. The van der Waals surface area contributed by atoms with E-state index in [9.17, 15) is 9.18 Å². The van der Waals surface area contributed by atoms with Crippen LogP contribution < -0.4 is 16.6 Å². The number of amides is 1. The molecule has 4 nitrogen and oxygen atoms in total. The Morgan fingerprint density at radius 2 is 2.13 bits per heavy atom. The van der Waals surface area contributed by atoms with Crippen molar-refractivity contribution >= 4 is 11.6 Å². The second-order valence-corrected chi connectivity index (χ2v) is 3.43. The van der Waals surface area contributed by atoms with Gasteiger partial charge in [0.05, 0.1) is 11.3 Å². The molecule has 0 aliphatic heterocycles. The number of benzene rings is 1. The van der Waals surface area contributed by atoms with Gasteiger partial charge in [0.2, 0.25) is 0 Å². The van der Waals surface area contributed by atoms with Crippen LogP contribution in [0.5, 0.6) is 0 Å². The molecule has 1 rings (SSSR count). The second kappa shape index (κ2) is 4.75. The molecule has 15 heavy (non-hydrogen) atoms. The molecule has 82 valence electrons. The fourth-order valence-corrected chi connectivity index (χ4v) is 1.20. The monoisotopic (exact) mass is 211 g/mol. The van der Waals surface area contributed by atoms with Crippen LogP contribution in [0, 0.1) is 5.82 Å². The lowest BCUT2D eigenvalue weighted by Gasteiger charge is -2.12. The van der Waals surface area contributed by atoms with Crippen LogP contribution in [0.4, 0.5) is 10.1 Å². The second-order valence-electron chi connectivity index (χ2n) is 3.43. The zero-order valence-corrected chi connectivity index (χ0v) is 8.67. The van der Waals surface area contributed by atoms with Gasteiger partial charge in [0.25, 0.3) is 5.91 Å². The van der Waals surface area contributed by atoms with Crippen LogP contribution in [0.3, 0.4) is 0 Å². The number of carbonyl (C=O) groups excluding carboxylic acids is 1. The third-order valence-electron chi connectivity index (χ3n) is 1.82. The summed E-state index contributed by atoms with van der Waals surface area (Å²) < 4.78 is 13.2. The number of nitrogens with two attached hydrogens (primary N) is 1. The van der Waals surface area contributed by atoms with Gasteiger partial charge in [0, 0.05) is 6.04 Å². The van der Waals surface area contributed by atoms with Gasteiger partial charge in [-0.3, -0.25) is 10.6 Å². The number of para-hydroxylation sites is 1. The summed E-state index contributed by atoms with van der Waals surface area (Å²) in [4.78, 5) is 11.6. The first-order valence-corrected chi connectivity index (χ1v) is 4.62. The maximum Gasteiger partial charge on any atom is 0.253 e. The molecule has 1 amide bonds. The van der Waals surface area contributed by atoms with E-state index in [0.717, 1.165) is 0 Å². The van der Waals surface area contributed by atoms with Crippen molar-refractivity contribution in [3.05, 3.63) is 29.6 Å². The molecule has 0 radical (unpaired) electrons. The molecule has 0 saturated carbocycles. The number of carbonyl (C=O) groups is 1. The van der Waals surface area contributed by atoms with Gasteiger partial charge < -0.3 is 10.7 Å². The first kappa shape index (κ1) is 11.5. The number of anilines is 1. The standard InChI is InChI=1S/C10H14FN3O/c1-6(2)13-10(15)7-4-3-5-8(11)9(7)14-12/h3-6,14H,12H2,1-2H3,(H,13,15). The molecule has 0 saturated heterocycles. The summed E-state index contributed by atoms with van der Waals surface area (Å²) >= 11 is 0. The highest BCUT2D eigenvalue weighted by Gasteiger charge is 2.14. The van der Waals surface area contributed by atoms with Gasteiger partial charge >= 0.3 is 0 Å². The SMILES string of the molecule is CC(C)NC(=O)c1cccc(F)c1NN. The number of halogens is 1. The molecule has 0 aliphatic rings. The molecule has 0 bridgehead atoms. The Labute approximate surface area is 87.6 Å². The van der Waals surface area contributed by atoms with Crippen molar-refractivity contribution in [1.82, 2.24) is 5.32 Å². The van der Waals surface area contributed by atoms with Gasteiger partial charge in [-0.05, 0) is 26.0 Å². The molecule has 0 atom stereocenters. The first-order chi connectivity index (χ1) is 7.06. The highest BCUT2D eigenvalue weighted by atomic mass is 19.1. The maximum atomic E-state index is 13.2. The summed E-state index contributed by atoms with van der Waals surface area (Å²) in [5, 5.41) is 2.66. The fourth-order valence-electron chi connectivity index (χ4n) is 1.20. The highest BCUT2D eigenvalue weighted by Crippen LogP contribution is 2.18. The highest BCUT2D eigenvalue weighted by molar-refractivity contribution is 5.99. The van der Waals surface area contributed by atoms with Gasteiger partial charge in [0.15, 0.2) is 0 Å². The molecule has 1 aromatic carbocycles. The molecule has 0 aromatic heterocycles. The largest absolute Gasteiger partial charge is 0.350 e. The predicted molar refractivity (Wildman–Crippen MR) is 56.8 cm³/mol. The van der Waals surface area contributed by atoms with Crippen LogP contribution in [0.25, 0.3) is 0 Å². The minimum absolute atomic E-state index is 0.00797. The number of hydrogen-bond acceptors (Lipinski definition) is 3. The number of rotatable bonds is 3. The van der Waals surface area contributed by atoms with E-state index >= 15 is 0 Å². The Balaban J connectivity index is 3.03. The van der Waals surface area contributed by atoms with Gasteiger partial charge in [-0.1, -0.05) is 6.07 Å². The van der Waals surface area contributed by atoms with Crippen molar-refractivity contribution in [2.45, 2.75) is 19.9 Å². The van der Waals surface area contributed by atoms with E-state index in [-0.39, 0.29) is 23.2 Å². The molecule has 4 N–H and O–H groups in total. The molecule has 0 fully saturated rings. The summed E-state index contributed by atoms with van der Waals surface area (Å²) in [5.74, 6) is 4.25. The van der Waals surface area contributed by atoms with Crippen LogP contribution in [-0.2, 0) is 0 Å². The van der Waals surface area contributed by atoms with E-state index in [1.807, 2.05) is 13.8 Å². The van der Waals surface area contributed by atoms with Crippen LogP contribution in [0.15, 0.2) is 18.2 Å². The Morgan fingerprint density at radius 1 is 1.47 bits per heavy atom. The molecule has 0 heterocycles. The number of hydrogen-bond donors (Lipinski definition) is 3. The number of nitrogens with one attached hydrogen (secondary N) is 2. The smallest absolute Gasteiger partial charge is 0.253 e. The first-order valence-electron chi connectivity index (χ1n) is 4.62. The van der Waals surface area contributed by atoms with E-state index in [1.165, 1.54) is 18.2 Å². The Hall–Kier alpha value is -1.62. The Kier molecular flexibility index (Phi) is 3.62. The third kappa shape index (κ3) is 2.66. The lowest BCUT2D eigenvalue weighted by atomic mass is 10.1. The van der Waals surface area contributed by atoms with E-state index < -0.39 is 5.82 Å². The summed E-state index contributed by atoms with van der Waals surface area (Å²) in [6.07, 6.45) is 0. The molecular formula is C10H14FN3O. The normalized spacial score (nSPS) is 10.2. The van der Waals surface area contributed by atoms with E-state index in [2.05, 4.69) is 10.7 Å². The minimum atomic E-state index is -0.547. The van der Waals surface area contributed by atoms with Crippen LogP contribution >= 0.6 is 0 Å². The van der Waals surface area contributed by atoms with Crippen molar-refractivity contribution in [3.63, 3.8) is 0 Å². The van der Waals surface area contributed by atoms with Crippen molar-refractivity contribution < 1.29 is 9.18 Å². The van der Waals surface area contributed by atoms with Gasteiger partial charge in [0.1, 0.15) is 5.82 Å². The molecule has 1 aromatic rings. The summed E-state index contributed by atoms with van der Waals surface area (Å²) in [6.45, 7) is 3.65. The van der Waals surface area contributed by atoms with Crippen molar-refractivity contribution in [3.8, 4) is 0 Å². The molecule has 5 heteroatoms. The predicted octanol–water partition coefficient (Wildman–Crippen LogP) is 1.25. The van der Waals surface area contributed by atoms with E-state index in [4.69, 9.17) is 5.84 Å². The van der Waals surface area contributed by atoms with Crippen molar-refractivity contribution in [1.29, 1.82) is 0 Å². The Morgan fingerprint density at radius 3 is 2.67 bits per heavy atom. The van der Waals surface area contributed by atoms with Gasteiger partial charge in [-0.25, -0.2) is 4.39 Å². The van der Waals surface area contributed by atoms with Gasteiger partial charge in [-0.15, -0.1) is 0 Å². The third-order valence-corrected chi connectivity index (χ3v) is 1.82. The Bertz CT molecular complexity index is 366. The number of nitrogen functional groups attached to an aromatic ring is 1. The summed E-state index contributed by atoms with van der Waals surface area (Å²) in [7, 11) is 0. The average molecular weight is 211 g/mol. The molecular weight excluding hydrogens is 197 g/mol. The topological polar surface area (TPSA) is 67.2 Å². The molecule has 0 unspecified atom stereocenters. The lowest BCUT2D eigenvalue weighted by molar-refractivity contribution is 0.0943. The lowest BCUT2D eigenvalue weighted by Crippen LogP contribution is -2.31. The minimum Gasteiger partial charge on any atom is -0.350 e. The van der Waals surface area contributed by atoms with Crippen molar-refractivity contribution in [2.75, 3.05) is 5.43 Å². The average Bonchev–Trinajstić information content (AvgIpc) is 2.16. The van der Waals surface area contributed by atoms with Crippen LogP contribution in [0.2, 0.25) is 0 Å². The maximum absolute atomic E-state index is 13.2. The summed E-state index contributed by atoms with van der Waals surface area (Å²) in [5.41, 5.74) is 2.39. The van der Waals surface area contributed by atoms with Crippen molar-refractivity contribution in [2.24, 2.45) is 5.84 Å². The molecule has 0 aliphatic carbocycles. The van der Waals surface area contributed by atoms with Crippen LogP contribution in [0.1, 0.15) is 24.2 Å². The van der Waals surface area contributed by atoms with Gasteiger partial charge in [-0.2, -0.15) is 0 Å². The zero-order chi connectivity index (χ0) is 11.4. The van der Waals surface area contributed by atoms with Crippen LogP contribution in [-0.4, -0.2) is 11.9 Å². The van der Waals surface area contributed by atoms with E-state index in [0.29, 0.717) is 0 Å². The van der Waals surface area contributed by atoms with E-state index in [1.54, 1.807) is 0 Å². The quantitative estimate of drug-likeness (QED) is 0.520. The number of hydrazine groups is 1. The summed E-state index contributed by atoms with van der Waals surface area (Å²) in [6, 6.07) is 4.20.